The highest BCUT2D eigenvalue weighted by molar-refractivity contribution is 5.89. The molecule has 1 aromatic rings. The molecule has 1 aliphatic rings. The molecule has 2 rings (SSSR count). The van der Waals surface area contributed by atoms with Crippen LogP contribution in [0, 0.1) is 12.3 Å². The first-order valence-corrected chi connectivity index (χ1v) is 6.97. The molecule has 0 radical (unpaired) electrons. The number of aromatic carboxylic acids is 1. The lowest BCUT2D eigenvalue weighted by Gasteiger charge is -2.32. The highest BCUT2D eigenvalue weighted by atomic mass is 16.5. The van der Waals surface area contributed by atoms with Crippen LogP contribution in [0.5, 0.6) is 5.75 Å². The van der Waals surface area contributed by atoms with Gasteiger partial charge in [0.1, 0.15) is 5.75 Å². The number of nitrogens with one attached hydrogen (secondary N) is 1. The normalized spacial score (nSPS) is 16.2. The number of anilines is 1. The van der Waals surface area contributed by atoms with E-state index in [0.29, 0.717) is 18.3 Å². The van der Waals surface area contributed by atoms with Gasteiger partial charge in [-0.3, -0.25) is 4.90 Å². The molecule has 1 aromatic carbocycles. The summed E-state index contributed by atoms with van der Waals surface area (Å²) in [6.07, 6.45) is 7.27. The average molecular weight is 288 g/mol. The molecule has 1 heterocycles. The van der Waals surface area contributed by atoms with Crippen LogP contribution in [0.3, 0.4) is 0 Å². The fourth-order valence-corrected chi connectivity index (χ4v) is 2.54. The van der Waals surface area contributed by atoms with Gasteiger partial charge in [-0.2, -0.15) is 0 Å². The molecule has 0 unspecified atom stereocenters. The van der Waals surface area contributed by atoms with Crippen LogP contribution >= 0.6 is 0 Å². The Bertz CT molecular complexity index is 543. The standard InChI is InChI=1S/C16H20N2O3/c1-3-8-18-9-6-13(7-10-18)17-14-11-12(16(19)20)4-5-15(14)21-2/h1,4-5,11,13,17H,6-10H2,2H3,(H,19,20). The Morgan fingerprint density at radius 1 is 1.52 bits per heavy atom. The molecule has 0 bridgehead atoms. The summed E-state index contributed by atoms with van der Waals surface area (Å²) in [7, 11) is 1.58. The molecule has 2 N–H and O–H groups in total. The van der Waals surface area contributed by atoms with Crippen molar-refractivity contribution in [1.29, 1.82) is 0 Å². The number of hydrogen-bond acceptors (Lipinski definition) is 4. The van der Waals surface area contributed by atoms with Crippen LogP contribution in [0.4, 0.5) is 5.69 Å². The number of terminal acetylenes is 1. The van der Waals surface area contributed by atoms with Crippen molar-refractivity contribution >= 4 is 11.7 Å². The molecule has 0 amide bonds. The molecule has 5 heteroatoms. The number of benzene rings is 1. The van der Waals surface area contributed by atoms with Crippen LogP contribution < -0.4 is 10.1 Å². The molecule has 0 atom stereocenters. The molecule has 5 nitrogen and oxygen atoms in total. The van der Waals surface area contributed by atoms with E-state index in [1.54, 1.807) is 25.3 Å². The van der Waals surface area contributed by atoms with Gasteiger partial charge < -0.3 is 15.2 Å². The highest BCUT2D eigenvalue weighted by Crippen LogP contribution is 2.28. The third-order valence-corrected chi connectivity index (χ3v) is 3.71. The molecule has 0 aromatic heterocycles. The van der Waals surface area contributed by atoms with E-state index < -0.39 is 5.97 Å². The van der Waals surface area contributed by atoms with Gasteiger partial charge in [-0.1, -0.05) is 5.92 Å². The number of hydrogen-bond donors (Lipinski definition) is 2. The summed E-state index contributed by atoms with van der Waals surface area (Å²) in [6, 6.07) is 5.15. The Morgan fingerprint density at radius 2 is 2.24 bits per heavy atom. The van der Waals surface area contributed by atoms with Gasteiger partial charge in [-0.05, 0) is 31.0 Å². The van der Waals surface area contributed by atoms with Crippen molar-refractivity contribution in [3.8, 4) is 18.1 Å². The monoisotopic (exact) mass is 288 g/mol. The molecular weight excluding hydrogens is 268 g/mol. The van der Waals surface area contributed by atoms with Crippen LogP contribution in [0.2, 0.25) is 0 Å². The predicted octanol–water partition coefficient (Wildman–Crippen LogP) is 1.90. The molecule has 1 aliphatic heterocycles. The lowest BCUT2D eigenvalue weighted by molar-refractivity contribution is 0.0697. The number of carboxylic acids is 1. The second-order valence-corrected chi connectivity index (χ2v) is 5.12. The Balaban J connectivity index is 2.04. The zero-order valence-electron chi connectivity index (χ0n) is 12.1. The van der Waals surface area contributed by atoms with Crippen molar-refractivity contribution in [1.82, 2.24) is 4.90 Å². The number of likely N-dealkylation sites (tertiary alicyclic amines) is 1. The van der Waals surface area contributed by atoms with Gasteiger partial charge in [0.05, 0.1) is 24.9 Å². The molecule has 0 saturated carbocycles. The van der Waals surface area contributed by atoms with E-state index in [0.717, 1.165) is 31.6 Å². The summed E-state index contributed by atoms with van der Waals surface area (Å²) in [5.41, 5.74) is 0.982. The van der Waals surface area contributed by atoms with E-state index in [4.69, 9.17) is 16.3 Å². The maximum Gasteiger partial charge on any atom is 0.335 e. The number of ether oxygens (including phenoxy) is 1. The van der Waals surface area contributed by atoms with Gasteiger partial charge in [0.25, 0.3) is 0 Å². The van der Waals surface area contributed by atoms with Crippen LogP contribution in [0.15, 0.2) is 18.2 Å². The Labute approximate surface area is 124 Å². The quantitative estimate of drug-likeness (QED) is 0.810. The van der Waals surface area contributed by atoms with Gasteiger partial charge in [-0.15, -0.1) is 6.42 Å². The summed E-state index contributed by atoms with van der Waals surface area (Å²) in [4.78, 5) is 13.3. The van der Waals surface area contributed by atoms with Crippen molar-refractivity contribution in [2.75, 3.05) is 32.1 Å². The Kier molecular flexibility index (Phi) is 5.07. The van der Waals surface area contributed by atoms with Gasteiger partial charge in [0, 0.05) is 19.1 Å². The van der Waals surface area contributed by atoms with E-state index >= 15 is 0 Å². The van der Waals surface area contributed by atoms with E-state index in [2.05, 4.69) is 16.1 Å². The minimum Gasteiger partial charge on any atom is -0.495 e. The van der Waals surface area contributed by atoms with Gasteiger partial charge in [-0.25, -0.2) is 4.79 Å². The van der Waals surface area contributed by atoms with Crippen molar-refractivity contribution < 1.29 is 14.6 Å². The minimum absolute atomic E-state index is 0.253. The largest absolute Gasteiger partial charge is 0.495 e. The zero-order chi connectivity index (χ0) is 15.2. The first-order chi connectivity index (χ1) is 10.1. The maximum atomic E-state index is 11.1. The predicted molar refractivity (Wildman–Crippen MR) is 81.9 cm³/mol. The molecular formula is C16H20N2O3. The van der Waals surface area contributed by atoms with Crippen LogP contribution in [0.25, 0.3) is 0 Å². The van der Waals surface area contributed by atoms with Crippen LogP contribution in [0.1, 0.15) is 23.2 Å². The van der Waals surface area contributed by atoms with Crippen molar-refractivity contribution in [2.45, 2.75) is 18.9 Å². The zero-order valence-corrected chi connectivity index (χ0v) is 12.1. The SMILES string of the molecule is C#CCN1CCC(Nc2cc(C(=O)O)ccc2OC)CC1. The molecule has 0 aliphatic carbocycles. The van der Waals surface area contributed by atoms with Crippen LogP contribution in [-0.4, -0.2) is 48.8 Å². The summed E-state index contributed by atoms with van der Waals surface area (Å²) < 4.78 is 5.29. The minimum atomic E-state index is -0.940. The number of carboxylic acid groups (broad SMARTS) is 1. The molecule has 1 saturated heterocycles. The summed E-state index contributed by atoms with van der Waals surface area (Å²) in [5, 5.41) is 12.5. The van der Waals surface area contributed by atoms with Crippen molar-refractivity contribution in [2.24, 2.45) is 0 Å². The molecule has 1 fully saturated rings. The summed E-state index contributed by atoms with van der Waals surface area (Å²) >= 11 is 0. The third-order valence-electron chi connectivity index (χ3n) is 3.71. The molecule has 21 heavy (non-hydrogen) atoms. The second-order valence-electron chi connectivity index (χ2n) is 5.12. The number of piperidine rings is 1. The Hall–Kier alpha value is -2.19. The lowest BCUT2D eigenvalue weighted by atomic mass is 10.0. The topological polar surface area (TPSA) is 61.8 Å². The first kappa shape index (κ1) is 15.2. The van der Waals surface area contributed by atoms with Gasteiger partial charge in [0.2, 0.25) is 0 Å². The lowest BCUT2D eigenvalue weighted by Crippen LogP contribution is -2.39. The number of rotatable bonds is 5. The number of carbonyl (C=O) groups is 1. The highest BCUT2D eigenvalue weighted by Gasteiger charge is 2.20. The van der Waals surface area contributed by atoms with E-state index in [1.165, 1.54) is 0 Å². The fraction of sp³-hybridized carbons (Fsp3) is 0.438. The van der Waals surface area contributed by atoms with E-state index in [-0.39, 0.29) is 5.56 Å². The fourth-order valence-electron chi connectivity index (χ4n) is 2.54. The smallest absolute Gasteiger partial charge is 0.335 e. The third kappa shape index (κ3) is 3.89. The number of nitrogens with zero attached hydrogens (tertiary/aromatic N) is 1. The summed E-state index contributed by atoms with van der Waals surface area (Å²) in [5.74, 6) is 2.38. The Morgan fingerprint density at radius 3 is 2.81 bits per heavy atom. The number of methoxy groups -OCH3 is 1. The molecule has 112 valence electrons. The average Bonchev–Trinajstić information content (AvgIpc) is 2.49. The van der Waals surface area contributed by atoms with Gasteiger partial charge >= 0.3 is 5.97 Å². The van der Waals surface area contributed by atoms with E-state index in [9.17, 15) is 4.79 Å². The van der Waals surface area contributed by atoms with E-state index in [1.807, 2.05) is 0 Å². The van der Waals surface area contributed by atoms with Crippen molar-refractivity contribution in [3.63, 3.8) is 0 Å². The molecule has 0 spiro atoms. The summed E-state index contributed by atoms with van der Waals surface area (Å²) in [6.45, 7) is 2.58. The van der Waals surface area contributed by atoms with Crippen molar-refractivity contribution in [3.05, 3.63) is 23.8 Å². The maximum absolute atomic E-state index is 11.1. The first-order valence-electron chi connectivity index (χ1n) is 6.97. The second kappa shape index (κ2) is 7.00. The van der Waals surface area contributed by atoms with Gasteiger partial charge in [0.15, 0.2) is 0 Å². The van der Waals surface area contributed by atoms with Crippen LogP contribution in [-0.2, 0) is 0 Å².